The van der Waals surface area contributed by atoms with E-state index in [2.05, 4.69) is 14.9 Å². The number of carbonyl (C=O) groups is 1. The summed E-state index contributed by atoms with van der Waals surface area (Å²) in [5.74, 6) is 0.671. The summed E-state index contributed by atoms with van der Waals surface area (Å²) in [6.45, 7) is 6.48. The van der Waals surface area contributed by atoms with Crippen molar-refractivity contribution in [1.82, 2.24) is 19.8 Å². The van der Waals surface area contributed by atoms with Crippen molar-refractivity contribution >= 4 is 41.8 Å². The minimum atomic E-state index is -0.284. The molecule has 2 fully saturated rings. The molecule has 2 atom stereocenters. The van der Waals surface area contributed by atoms with E-state index in [1.54, 1.807) is 6.07 Å². The van der Waals surface area contributed by atoms with E-state index in [0.717, 1.165) is 63.3 Å². The third-order valence-corrected chi connectivity index (χ3v) is 6.67. The van der Waals surface area contributed by atoms with Gasteiger partial charge in [0.05, 0.1) is 17.0 Å². The van der Waals surface area contributed by atoms with E-state index in [4.69, 9.17) is 10.5 Å². The zero-order valence-electron chi connectivity index (χ0n) is 19.2. The number of rotatable bonds is 6. The maximum absolute atomic E-state index is 13.4. The van der Waals surface area contributed by atoms with Gasteiger partial charge in [-0.25, -0.2) is 9.37 Å². The largest absolute Gasteiger partial charge is 0.381 e. The second kappa shape index (κ2) is 12.9. The number of hydrogen-bond donors (Lipinski definition) is 2. The zero-order chi connectivity index (χ0) is 21.8. The van der Waals surface area contributed by atoms with E-state index in [1.807, 2.05) is 11.8 Å². The molecule has 7 nitrogen and oxygen atoms in total. The number of hydrogen-bond acceptors (Lipinski definition) is 5. The first-order valence-corrected chi connectivity index (χ1v) is 11.5. The van der Waals surface area contributed by atoms with Crippen molar-refractivity contribution in [2.75, 3.05) is 39.4 Å². The highest BCUT2D eigenvalue weighted by Crippen LogP contribution is 2.24. The highest BCUT2D eigenvalue weighted by molar-refractivity contribution is 5.85. The predicted octanol–water partition coefficient (Wildman–Crippen LogP) is 3.15. The number of likely N-dealkylation sites (N-methyl/N-ethyl adjacent to an activating group) is 1. The van der Waals surface area contributed by atoms with Crippen LogP contribution in [0.5, 0.6) is 0 Å². The fraction of sp³-hybridized carbons (Fsp3) is 0.652. The minimum Gasteiger partial charge on any atom is -0.381 e. The molecule has 0 radical (unpaired) electrons. The van der Waals surface area contributed by atoms with Gasteiger partial charge in [-0.15, -0.1) is 24.8 Å². The zero-order valence-corrected chi connectivity index (χ0v) is 20.8. The molecule has 0 saturated carbocycles. The Morgan fingerprint density at radius 2 is 2.00 bits per heavy atom. The van der Waals surface area contributed by atoms with Gasteiger partial charge in [0.25, 0.3) is 0 Å². The quantitative estimate of drug-likeness (QED) is 0.631. The molecule has 1 aromatic heterocycles. The average molecular weight is 504 g/mol. The Hall–Kier alpha value is -1.45. The molecule has 2 aliphatic heterocycles. The summed E-state index contributed by atoms with van der Waals surface area (Å²) in [4.78, 5) is 25.5. The first-order chi connectivity index (χ1) is 15.0. The van der Waals surface area contributed by atoms with Crippen LogP contribution < -0.4 is 5.73 Å². The van der Waals surface area contributed by atoms with Crippen LogP contribution in [-0.2, 0) is 16.0 Å². The molecule has 3 heterocycles. The van der Waals surface area contributed by atoms with E-state index in [9.17, 15) is 9.18 Å². The van der Waals surface area contributed by atoms with Crippen molar-refractivity contribution in [2.45, 2.75) is 51.1 Å². The molecule has 1 aromatic carbocycles. The normalized spacial score (nSPS) is 22.3. The molecular weight excluding hydrogens is 468 g/mol. The van der Waals surface area contributed by atoms with Crippen molar-refractivity contribution in [3.63, 3.8) is 0 Å². The fourth-order valence-corrected chi connectivity index (χ4v) is 4.88. The molecule has 3 N–H and O–H groups in total. The number of amides is 1. The van der Waals surface area contributed by atoms with Crippen molar-refractivity contribution in [3.05, 3.63) is 29.8 Å². The van der Waals surface area contributed by atoms with Gasteiger partial charge >= 0.3 is 0 Å². The molecule has 10 heteroatoms. The number of nitrogens with one attached hydrogen (secondary N) is 1. The summed E-state index contributed by atoms with van der Waals surface area (Å²) in [7, 11) is 0. The second-order valence-electron chi connectivity index (χ2n) is 8.84. The van der Waals surface area contributed by atoms with E-state index in [0.29, 0.717) is 31.1 Å². The number of nitrogens with two attached hydrogens (primary N) is 1. The lowest BCUT2D eigenvalue weighted by Crippen LogP contribution is -2.47. The second-order valence-corrected chi connectivity index (χ2v) is 8.84. The van der Waals surface area contributed by atoms with Gasteiger partial charge in [-0.2, -0.15) is 0 Å². The molecule has 4 rings (SSSR count). The molecule has 2 aromatic rings. The number of aromatic nitrogens is 2. The number of halogens is 3. The molecule has 0 spiro atoms. The standard InChI is InChI=1S/C23H34FN5O2.2ClH/c1-2-28(10-7-22-26-20-6-4-17(24)13-21(20)27-22)23(30)16-3-5-18(25)15-29(14-16)19-8-11-31-12-9-19;;/h4,6,13,16,18-19H,2-3,5,7-12,14-15,25H2,1H3,(H,26,27);2*1H/t16-,18+;;/m1../s1. The molecule has 0 unspecified atom stereocenters. The third-order valence-electron chi connectivity index (χ3n) is 6.67. The topological polar surface area (TPSA) is 87.5 Å². The fourth-order valence-electron chi connectivity index (χ4n) is 4.88. The summed E-state index contributed by atoms with van der Waals surface area (Å²) >= 11 is 0. The lowest BCUT2D eigenvalue weighted by atomic mass is 9.99. The number of likely N-dealkylation sites (tertiary alicyclic amines) is 1. The monoisotopic (exact) mass is 503 g/mol. The Balaban J connectivity index is 0.00000193. The number of imidazole rings is 1. The summed E-state index contributed by atoms with van der Waals surface area (Å²) in [5.41, 5.74) is 7.78. The lowest BCUT2D eigenvalue weighted by molar-refractivity contribution is -0.136. The van der Waals surface area contributed by atoms with Gasteiger partial charge in [0, 0.05) is 57.9 Å². The number of fused-ring (bicyclic) bond motifs is 1. The molecule has 2 saturated heterocycles. The Labute approximate surface area is 207 Å². The summed E-state index contributed by atoms with van der Waals surface area (Å²) in [5, 5.41) is 0. The van der Waals surface area contributed by atoms with Crippen LogP contribution in [0.2, 0.25) is 0 Å². The predicted molar refractivity (Wildman–Crippen MR) is 133 cm³/mol. The first-order valence-electron chi connectivity index (χ1n) is 11.5. The molecule has 186 valence electrons. The van der Waals surface area contributed by atoms with Gasteiger partial charge in [0.1, 0.15) is 11.6 Å². The van der Waals surface area contributed by atoms with Crippen LogP contribution in [0.4, 0.5) is 4.39 Å². The highest BCUT2D eigenvalue weighted by Gasteiger charge is 2.33. The maximum atomic E-state index is 13.4. The van der Waals surface area contributed by atoms with Gasteiger partial charge in [-0.05, 0) is 50.8 Å². The molecule has 1 amide bonds. The molecule has 2 aliphatic rings. The van der Waals surface area contributed by atoms with Gasteiger partial charge < -0.3 is 20.4 Å². The minimum absolute atomic E-state index is 0. The molecule has 33 heavy (non-hydrogen) atoms. The number of ether oxygens (including phenoxy) is 1. The van der Waals surface area contributed by atoms with Crippen molar-refractivity contribution < 1.29 is 13.9 Å². The number of carbonyl (C=O) groups excluding carboxylic acids is 1. The Morgan fingerprint density at radius 1 is 1.24 bits per heavy atom. The van der Waals surface area contributed by atoms with Gasteiger partial charge in [0.2, 0.25) is 5.91 Å². The third kappa shape index (κ3) is 7.02. The van der Waals surface area contributed by atoms with Crippen LogP contribution in [0, 0.1) is 11.7 Å². The first kappa shape index (κ1) is 27.8. The van der Waals surface area contributed by atoms with E-state index < -0.39 is 0 Å². The molecule has 0 aliphatic carbocycles. The van der Waals surface area contributed by atoms with E-state index in [-0.39, 0.29) is 48.5 Å². The van der Waals surface area contributed by atoms with Crippen molar-refractivity contribution in [3.8, 4) is 0 Å². The SMILES string of the molecule is CCN(CCc1nc2ccc(F)cc2[nH]1)C(=O)[C@@H]1CC[C@H](N)CN(C2CCOCC2)C1.Cl.Cl. The van der Waals surface area contributed by atoms with Crippen LogP contribution in [0.1, 0.15) is 38.4 Å². The number of benzene rings is 1. The van der Waals surface area contributed by atoms with Crippen LogP contribution in [0.15, 0.2) is 18.2 Å². The van der Waals surface area contributed by atoms with Crippen LogP contribution >= 0.6 is 24.8 Å². The van der Waals surface area contributed by atoms with Crippen LogP contribution in [0.3, 0.4) is 0 Å². The molecular formula is C23H36Cl2FN5O2. The van der Waals surface area contributed by atoms with Crippen LogP contribution in [-0.4, -0.2) is 77.2 Å². The Kier molecular flexibility index (Phi) is 10.8. The van der Waals surface area contributed by atoms with Crippen molar-refractivity contribution in [2.24, 2.45) is 11.7 Å². The number of aromatic amines is 1. The molecule has 0 bridgehead atoms. The highest BCUT2D eigenvalue weighted by atomic mass is 35.5. The number of H-pyrrole nitrogens is 1. The van der Waals surface area contributed by atoms with Gasteiger partial charge in [0.15, 0.2) is 0 Å². The van der Waals surface area contributed by atoms with E-state index >= 15 is 0 Å². The average Bonchev–Trinajstić information content (AvgIpc) is 3.07. The Bertz CT molecular complexity index is 893. The summed E-state index contributed by atoms with van der Waals surface area (Å²) < 4.78 is 19.0. The summed E-state index contributed by atoms with van der Waals surface area (Å²) in [6.07, 6.45) is 4.35. The lowest BCUT2D eigenvalue weighted by Gasteiger charge is -2.36. The van der Waals surface area contributed by atoms with E-state index in [1.165, 1.54) is 12.1 Å². The smallest absolute Gasteiger partial charge is 0.226 e. The van der Waals surface area contributed by atoms with Crippen molar-refractivity contribution in [1.29, 1.82) is 0 Å². The Morgan fingerprint density at radius 3 is 2.73 bits per heavy atom. The maximum Gasteiger partial charge on any atom is 0.226 e. The summed E-state index contributed by atoms with van der Waals surface area (Å²) in [6, 6.07) is 5.11. The van der Waals surface area contributed by atoms with Crippen LogP contribution in [0.25, 0.3) is 11.0 Å². The number of nitrogens with zero attached hydrogens (tertiary/aromatic N) is 3. The van der Waals surface area contributed by atoms with Gasteiger partial charge in [-0.3, -0.25) is 9.69 Å². The van der Waals surface area contributed by atoms with Gasteiger partial charge in [-0.1, -0.05) is 0 Å².